The van der Waals surface area contributed by atoms with E-state index in [9.17, 15) is 4.79 Å². The molecule has 0 atom stereocenters. The van der Waals surface area contributed by atoms with Crippen molar-refractivity contribution < 1.29 is 4.79 Å². The average Bonchev–Trinajstić information content (AvgIpc) is 2.72. The summed E-state index contributed by atoms with van der Waals surface area (Å²) in [4.78, 5) is 15.4. The quantitative estimate of drug-likeness (QED) is 0.576. The first-order chi connectivity index (χ1) is 9.09. The summed E-state index contributed by atoms with van der Waals surface area (Å²) < 4.78 is 1.22. The van der Waals surface area contributed by atoms with Gasteiger partial charge in [0.05, 0.1) is 4.88 Å². The van der Waals surface area contributed by atoms with Crippen LogP contribution in [0.15, 0.2) is 24.3 Å². The molecule has 2 nitrogen and oxygen atoms in total. The van der Waals surface area contributed by atoms with E-state index in [0.717, 1.165) is 29.8 Å². The third kappa shape index (κ3) is 4.05. The predicted octanol–water partition coefficient (Wildman–Crippen LogP) is 4.55. The maximum absolute atomic E-state index is 12.3. The molecule has 0 amide bonds. The number of hydrogen-bond acceptors (Lipinski definition) is 3. The molecule has 2 rings (SSSR count). The Morgan fingerprint density at radius 3 is 2.55 bits per heavy atom. The number of Topliss-reactive ketones (excluding diaryl/α,β-unsaturated/α-hetero) is 1. The highest BCUT2D eigenvalue weighted by atomic mass is 35.5. The molecule has 0 N–H and O–H groups in total. The lowest BCUT2D eigenvalue weighted by atomic mass is 10.1. The molecular weight excluding hydrogens is 290 g/mol. The molecule has 20 heavy (non-hydrogen) atoms. The van der Waals surface area contributed by atoms with Gasteiger partial charge in [0, 0.05) is 11.1 Å². The molecule has 110 valence electrons. The summed E-state index contributed by atoms with van der Waals surface area (Å²) in [5.41, 5.74) is 1.15. The lowest BCUT2D eigenvalue weighted by molar-refractivity contribution is 0.0982. The molecule has 0 radical (unpaired) electrons. The van der Waals surface area contributed by atoms with E-state index in [-0.39, 0.29) is 12.4 Å². The fourth-order valence-electron chi connectivity index (χ4n) is 2.27. The van der Waals surface area contributed by atoms with Gasteiger partial charge in [-0.05, 0) is 57.4 Å². The van der Waals surface area contributed by atoms with Crippen molar-refractivity contribution in [3.63, 3.8) is 0 Å². The summed E-state index contributed by atoms with van der Waals surface area (Å²) in [6, 6.07) is 8.26. The second-order valence-corrected chi connectivity index (χ2v) is 6.29. The zero-order valence-electron chi connectivity index (χ0n) is 12.3. The second-order valence-electron chi connectivity index (χ2n) is 5.24. The van der Waals surface area contributed by atoms with Crippen LogP contribution in [-0.4, -0.2) is 31.3 Å². The zero-order valence-corrected chi connectivity index (χ0v) is 13.9. The van der Waals surface area contributed by atoms with Crippen LogP contribution < -0.4 is 0 Å². The van der Waals surface area contributed by atoms with Gasteiger partial charge in [0.1, 0.15) is 0 Å². The number of thiophene rings is 1. The van der Waals surface area contributed by atoms with Crippen molar-refractivity contribution in [1.82, 2.24) is 4.90 Å². The highest BCUT2D eigenvalue weighted by Gasteiger charge is 2.14. The summed E-state index contributed by atoms with van der Waals surface area (Å²) >= 11 is 1.64. The largest absolute Gasteiger partial charge is 0.309 e. The fraction of sp³-hybridized carbons (Fsp3) is 0.438. The summed E-state index contributed by atoms with van der Waals surface area (Å²) in [6.07, 6.45) is 2.73. The van der Waals surface area contributed by atoms with E-state index < -0.39 is 0 Å². The summed E-state index contributed by atoms with van der Waals surface area (Å²) in [5, 5.41) is 1.23. The maximum Gasteiger partial charge on any atom is 0.173 e. The molecule has 1 aromatic carbocycles. The van der Waals surface area contributed by atoms with E-state index >= 15 is 0 Å². The number of rotatable bonds is 6. The summed E-state index contributed by atoms with van der Waals surface area (Å²) in [6.45, 7) is 3.12. The second kappa shape index (κ2) is 7.77. The third-order valence-corrected chi connectivity index (χ3v) is 4.67. The van der Waals surface area contributed by atoms with Crippen LogP contribution in [0.2, 0.25) is 0 Å². The molecule has 2 aromatic rings. The predicted molar refractivity (Wildman–Crippen MR) is 90.5 cm³/mol. The van der Waals surface area contributed by atoms with Crippen LogP contribution in [0.4, 0.5) is 0 Å². The van der Waals surface area contributed by atoms with Gasteiger partial charge in [-0.25, -0.2) is 0 Å². The molecule has 0 spiro atoms. The number of ketones is 1. The number of aryl methyl sites for hydroxylation is 1. The summed E-state index contributed by atoms with van der Waals surface area (Å²) in [7, 11) is 4.13. The number of benzene rings is 1. The van der Waals surface area contributed by atoms with Crippen molar-refractivity contribution in [2.75, 3.05) is 20.6 Å². The Balaban J connectivity index is 0.00000200. The SMILES string of the molecule is Cc1c(C(=O)CCCCN(C)C)sc2ccccc12.Cl. The Bertz CT molecular complexity index is 577. The van der Waals surface area contributed by atoms with Gasteiger partial charge in [-0.1, -0.05) is 18.2 Å². The lowest BCUT2D eigenvalue weighted by Crippen LogP contribution is -2.13. The zero-order chi connectivity index (χ0) is 13.8. The maximum atomic E-state index is 12.3. The van der Waals surface area contributed by atoms with Crippen LogP contribution in [0.25, 0.3) is 10.1 Å². The Morgan fingerprint density at radius 1 is 1.20 bits per heavy atom. The minimum atomic E-state index is 0. The topological polar surface area (TPSA) is 20.3 Å². The van der Waals surface area contributed by atoms with Gasteiger partial charge in [-0.3, -0.25) is 4.79 Å². The average molecular weight is 312 g/mol. The third-order valence-electron chi connectivity index (χ3n) is 3.36. The van der Waals surface area contributed by atoms with E-state index in [2.05, 4.69) is 38.1 Å². The van der Waals surface area contributed by atoms with E-state index in [1.54, 1.807) is 11.3 Å². The van der Waals surface area contributed by atoms with Crippen molar-refractivity contribution in [3.05, 3.63) is 34.7 Å². The molecule has 0 aliphatic rings. The monoisotopic (exact) mass is 311 g/mol. The molecule has 0 aliphatic carbocycles. The molecule has 0 saturated heterocycles. The van der Waals surface area contributed by atoms with Crippen LogP contribution in [-0.2, 0) is 0 Å². The Hall–Kier alpha value is -0.900. The first kappa shape index (κ1) is 17.2. The van der Waals surface area contributed by atoms with Crippen molar-refractivity contribution in [2.45, 2.75) is 26.2 Å². The number of fused-ring (bicyclic) bond motifs is 1. The van der Waals surface area contributed by atoms with Gasteiger partial charge >= 0.3 is 0 Å². The van der Waals surface area contributed by atoms with Crippen LogP contribution in [0.5, 0.6) is 0 Å². The van der Waals surface area contributed by atoms with Gasteiger partial charge in [0.15, 0.2) is 5.78 Å². The number of halogens is 1. The molecular formula is C16H22ClNOS. The van der Waals surface area contributed by atoms with Crippen LogP contribution in [0.1, 0.15) is 34.5 Å². The molecule has 0 fully saturated rings. The highest BCUT2D eigenvalue weighted by molar-refractivity contribution is 7.21. The number of hydrogen-bond donors (Lipinski definition) is 0. The van der Waals surface area contributed by atoms with Crippen LogP contribution >= 0.6 is 23.7 Å². The van der Waals surface area contributed by atoms with Crippen molar-refractivity contribution >= 4 is 39.6 Å². The van der Waals surface area contributed by atoms with Gasteiger partial charge in [-0.2, -0.15) is 0 Å². The van der Waals surface area contributed by atoms with Crippen LogP contribution in [0.3, 0.4) is 0 Å². The molecule has 1 heterocycles. The minimum absolute atomic E-state index is 0. The molecule has 0 unspecified atom stereocenters. The van der Waals surface area contributed by atoms with Crippen molar-refractivity contribution in [2.24, 2.45) is 0 Å². The van der Waals surface area contributed by atoms with E-state index in [4.69, 9.17) is 0 Å². The van der Waals surface area contributed by atoms with Gasteiger partial charge in [0.2, 0.25) is 0 Å². The van der Waals surface area contributed by atoms with Gasteiger partial charge in [-0.15, -0.1) is 23.7 Å². The molecule has 1 aromatic heterocycles. The molecule has 0 aliphatic heterocycles. The van der Waals surface area contributed by atoms with E-state index in [1.807, 2.05) is 12.1 Å². The lowest BCUT2D eigenvalue weighted by Gasteiger charge is -2.08. The van der Waals surface area contributed by atoms with E-state index in [1.165, 1.54) is 10.1 Å². The highest BCUT2D eigenvalue weighted by Crippen LogP contribution is 2.31. The number of unbranched alkanes of at least 4 members (excludes halogenated alkanes) is 1. The number of carbonyl (C=O) groups excluding carboxylic acids is 1. The van der Waals surface area contributed by atoms with Crippen molar-refractivity contribution in [1.29, 1.82) is 0 Å². The minimum Gasteiger partial charge on any atom is -0.309 e. The first-order valence-corrected chi connectivity index (χ1v) is 7.57. The summed E-state index contributed by atoms with van der Waals surface area (Å²) in [5.74, 6) is 0.303. The molecule has 4 heteroatoms. The van der Waals surface area contributed by atoms with Gasteiger partial charge < -0.3 is 4.90 Å². The Morgan fingerprint density at radius 2 is 1.90 bits per heavy atom. The number of carbonyl (C=O) groups is 1. The molecule has 0 saturated carbocycles. The fourth-order valence-corrected chi connectivity index (χ4v) is 3.44. The van der Waals surface area contributed by atoms with Crippen LogP contribution in [0, 0.1) is 6.92 Å². The Labute approximate surface area is 131 Å². The van der Waals surface area contributed by atoms with Gasteiger partial charge in [0.25, 0.3) is 0 Å². The van der Waals surface area contributed by atoms with Crippen molar-refractivity contribution in [3.8, 4) is 0 Å². The first-order valence-electron chi connectivity index (χ1n) is 6.75. The Kier molecular flexibility index (Phi) is 6.66. The molecule has 0 bridgehead atoms. The normalized spacial score (nSPS) is 10.8. The standard InChI is InChI=1S/C16H21NOS.ClH/c1-12-13-8-4-5-10-15(13)19-16(12)14(18)9-6-7-11-17(2)3;/h4-5,8,10H,6-7,9,11H2,1-3H3;1H. The smallest absolute Gasteiger partial charge is 0.173 e. The van der Waals surface area contributed by atoms with E-state index in [0.29, 0.717) is 12.2 Å². The number of nitrogens with zero attached hydrogens (tertiary/aromatic N) is 1.